The fraction of sp³-hybridized carbons (Fsp3) is 0.389. The van der Waals surface area contributed by atoms with Crippen LogP contribution < -0.4 is 4.74 Å². The molecule has 2 aromatic rings. The van der Waals surface area contributed by atoms with Crippen LogP contribution in [0.4, 0.5) is 0 Å². The Kier molecular flexibility index (Phi) is 5.40. The highest BCUT2D eigenvalue weighted by Gasteiger charge is 2.19. The van der Waals surface area contributed by atoms with E-state index in [0.29, 0.717) is 10.7 Å². The van der Waals surface area contributed by atoms with Crippen LogP contribution in [0, 0.1) is 19.8 Å². The maximum absolute atomic E-state index is 5.49. The van der Waals surface area contributed by atoms with Crippen LogP contribution in [0.1, 0.15) is 34.1 Å². The second-order valence-electron chi connectivity index (χ2n) is 5.54. The second kappa shape index (κ2) is 7.08. The topological polar surface area (TPSA) is 22.1 Å². The van der Waals surface area contributed by atoms with Gasteiger partial charge in [0.15, 0.2) is 0 Å². The minimum Gasteiger partial charge on any atom is -0.496 e. The lowest BCUT2D eigenvalue weighted by Crippen LogP contribution is -2.10. The number of nitrogens with zero attached hydrogens (tertiary/aromatic N) is 1. The maximum Gasteiger partial charge on any atom is 0.128 e. The standard InChI is InChI=1S/C18H22BrNO/c1-12(17(19)15-8-6-5-7-9-15)10-16-14(3)18(21-4)13(2)11-20-16/h5-9,11-12,17H,10H2,1-4H3. The molecule has 0 N–H and O–H groups in total. The predicted octanol–water partition coefficient (Wildman–Crippen LogP) is 5.02. The normalized spacial score (nSPS) is 13.8. The lowest BCUT2D eigenvalue weighted by atomic mass is 9.94. The summed E-state index contributed by atoms with van der Waals surface area (Å²) in [5.41, 5.74) is 4.66. The van der Waals surface area contributed by atoms with Gasteiger partial charge >= 0.3 is 0 Å². The first-order valence-corrected chi connectivity index (χ1v) is 8.14. The number of methoxy groups -OCH3 is 1. The Bertz CT molecular complexity index is 598. The van der Waals surface area contributed by atoms with Crippen molar-refractivity contribution in [1.29, 1.82) is 0 Å². The van der Waals surface area contributed by atoms with E-state index in [2.05, 4.69) is 59.0 Å². The minimum atomic E-state index is 0.326. The van der Waals surface area contributed by atoms with Crippen molar-refractivity contribution < 1.29 is 4.74 Å². The average molecular weight is 348 g/mol. The monoisotopic (exact) mass is 347 g/mol. The molecule has 1 heterocycles. The van der Waals surface area contributed by atoms with E-state index in [9.17, 15) is 0 Å². The second-order valence-corrected chi connectivity index (χ2v) is 6.53. The molecule has 2 unspecified atom stereocenters. The zero-order valence-electron chi connectivity index (χ0n) is 13.1. The zero-order chi connectivity index (χ0) is 15.4. The molecule has 112 valence electrons. The Morgan fingerprint density at radius 3 is 2.48 bits per heavy atom. The van der Waals surface area contributed by atoms with E-state index in [-0.39, 0.29) is 0 Å². The number of hydrogen-bond acceptors (Lipinski definition) is 2. The molecular weight excluding hydrogens is 326 g/mol. The molecule has 0 aliphatic carbocycles. The molecule has 1 aromatic carbocycles. The lowest BCUT2D eigenvalue weighted by molar-refractivity contribution is 0.406. The summed E-state index contributed by atoms with van der Waals surface area (Å²) in [4.78, 5) is 4.93. The first kappa shape index (κ1) is 16.0. The summed E-state index contributed by atoms with van der Waals surface area (Å²) in [5.74, 6) is 1.41. The van der Waals surface area contributed by atoms with Crippen LogP contribution >= 0.6 is 15.9 Å². The molecule has 0 saturated carbocycles. The first-order chi connectivity index (χ1) is 10.0. The highest BCUT2D eigenvalue weighted by Crippen LogP contribution is 2.34. The number of aryl methyl sites for hydroxylation is 1. The predicted molar refractivity (Wildman–Crippen MR) is 91.2 cm³/mol. The molecule has 0 aliphatic heterocycles. The van der Waals surface area contributed by atoms with Crippen molar-refractivity contribution in [1.82, 2.24) is 4.98 Å². The van der Waals surface area contributed by atoms with E-state index in [1.54, 1.807) is 7.11 Å². The Morgan fingerprint density at radius 1 is 1.19 bits per heavy atom. The van der Waals surface area contributed by atoms with Gasteiger partial charge in [-0.2, -0.15) is 0 Å². The smallest absolute Gasteiger partial charge is 0.128 e. The summed E-state index contributed by atoms with van der Waals surface area (Å²) >= 11 is 3.82. The SMILES string of the molecule is COc1c(C)cnc(CC(C)C(Br)c2ccccc2)c1C. The maximum atomic E-state index is 5.49. The number of alkyl halides is 1. The van der Waals surface area contributed by atoms with Gasteiger partial charge in [0.25, 0.3) is 0 Å². The van der Waals surface area contributed by atoms with Crippen molar-refractivity contribution in [2.75, 3.05) is 7.11 Å². The summed E-state index contributed by atoms with van der Waals surface area (Å²) in [7, 11) is 1.72. The quantitative estimate of drug-likeness (QED) is 0.708. The van der Waals surface area contributed by atoms with Gasteiger partial charge in [0.2, 0.25) is 0 Å². The van der Waals surface area contributed by atoms with Crippen molar-refractivity contribution in [3.8, 4) is 5.75 Å². The molecule has 0 aliphatic rings. The molecule has 0 bridgehead atoms. The van der Waals surface area contributed by atoms with Crippen molar-refractivity contribution in [2.45, 2.75) is 32.0 Å². The number of aromatic nitrogens is 1. The van der Waals surface area contributed by atoms with Gasteiger partial charge in [-0.05, 0) is 31.7 Å². The summed E-state index contributed by atoms with van der Waals surface area (Å²) < 4.78 is 5.49. The van der Waals surface area contributed by atoms with Gasteiger partial charge in [0.1, 0.15) is 5.75 Å². The first-order valence-electron chi connectivity index (χ1n) is 7.22. The van der Waals surface area contributed by atoms with Crippen molar-refractivity contribution in [3.05, 3.63) is 58.9 Å². The van der Waals surface area contributed by atoms with Gasteiger partial charge in [-0.1, -0.05) is 53.2 Å². The van der Waals surface area contributed by atoms with E-state index in [1.165, 1.54) is 5.56 Å². The van der Waals surface area contributed by atoms with E-state index < -0.39 is 0 Å². The zero-order valence-corrected chi connectivity index (χ0v) is 14.6. The number of benzene rings is 1. The van der Waals surface area contributed by atoms with Gasteiger partial charge in [-0.3, -0.25) is 4.98 Å². The van der Waals surface area contributed by atoms with E-state index >= 15 is 0 Å². The number of ether oxygens (including phenoxy) is 1. The highest BCUT2D eigenvalue weighted by atomic mass is 79.9. The number of hydrogen-bond donors (Lipinski definition) is 0. The molecule has 2 atom stereocenters. The van der Waals surface area contributed by atoms with E-state index in [1.807, 2.05) is 19.2 Å². The van der Waals surface area contributed by atoms with Crippen molar-refractivity contribution in [2.24, 2.45) is 5.92 Å². The van der Waals surface area contributed by atoms with Gasteiger partial charge < -0.3 is 4.74 Å². The van der Waals surface area contributed by atoms with Crippen LogP contribution in [0.15, 0.2) is 36.5 Å². The largest absolute Gasteiger partial charge is 0.496 e. The van der Waals surface area contributed by atoms with Crippen LogP contribution in [0.25, 0.3) is 0 Å². The van der Waals surface area contributed by atoms with Crippen LogP contribution in [0.2, 0.25) is 0 Å². The minimum absolute atomic E-state index is 0.326. The Labute approximate surface area is 135 Å². The fourth-order valence-electron chi connectivity index (χ4n) is 2.65. The lowest BCUT2D eigenvalue weighted by Gasteiger charge is -2.20. The number of rotatable bonds is 5. The molecule has 1 aromatic heterocycles. The Morgan fingerprint density at radius 2 is 1.86 bits per heavy atom. The van der Waals surface area contributed by atoms with E-state index in [0.717, 1.165) is 29.0 Å². The highest BCUT2D eigenvalue weighted by molar-refractivity contribution is 9.09. The van der Waals surface area contributed by atoms with Gasteiger partial charge in [0.05, 0.1) is 7.11 Å². The molecule has 0 fully saturated rings. The Balaban J connectivity index is 2.18. The molecule has 0 radical (unpaired) electrons. The summed E-state index contributed by atoms with van der Waals surface area (Å²) in [5, 5.41) is 0. The molecule has 3 heteroatoms. The summed E-state index contributed by atoms with van der Waals surface area (Å²) in [6.07, 6.45) is 2.83. The number of halogens is 1. The Hall–Kier alpha value is -1.35. The fourth-order valence-corrected chi connectivity index (χ4v) is 3.14. The van der Waals surface area contributed by atoms with Crippen LogP contribution in [-0.2, 0) is 6.42 Å². The molecule has 21 heavy (non-hydrogen) atoms. The van der Waals surface area contributed by atoms with Crippen molar-refractivity contribution >= 4 is 15.9 Å². The summed E-state index contributed by atoms with van der Waals surface area (Å²) in [6.45, 7) is 6.37. The molecular formula is C18H22BrNO. The third kappa shape index (κ3) is 3.65. The van der Waals surface area contributed by atoms with E-state index in [4.69, 9.17) is 4.74 Å². The van der Waals surface area contributed by atoms with Crippen LogP contribution in [0.5, 0.6) is 5.75 Å². The number of pyridine rings is 1. The molecule has 0 spiro atoms. The molecule has 2 rings (SSSR count). The summed E-state index contributed by atoms with van der Waals surface area (Å²) in [6, 6.07) is 10.5. The molecule has 2 nitrogen and oxygen atoms in total. The third-order valence-corrected chi connectivity index (χ3v) is 5.31. The van der Waals surface area contributed by atoms with Crippen LogP contribution in [-0.4, -0.2) is 12.1 Å². The average Bonchev–Trinajstić information content (AvgIpc) is 2.50. The third-order valence-electron chi connectivity index (χ3n) is 3.88. The van der Waals surface area contributed by atoms with Gasteiger partial charge in [0, 0.05) is 27.8 Å². The molecule has 0 amide bonds. The van der Waals surface area contributed by atoms with Crippen molar-refractivity contribution in [3.63, 3.8) is 0 Å². The van der Waals surface area contributed by atoms with Gasteiger partial charge in [-0.25, -0.2) is 0 Å². The van der Waals surface area contributed by atoms with Crippen LogP contribution in [0.3, 0.4) is 0 Å². The van der Waals surface area contributed by atoms with Gasteiger partial charge in [-0.15, -0.1) is 0 Å². The molecule has 0 saturated heterocycles.